The highest BCUT2D eigenvalue weighted by molar-refractivity contribution is 6.22. The Hall–Kier alpha value is -0.800. The van der Waals surface area contributed by atoms with Crippen LogP contribution in [0, 0.1) is 0 Å². The summed E-state index contributed by atoms with van der Waals surface area (Å²) in [6, 6.07) is 0. The molecule has 1 aliphatic heterocycles. The Labute approximate surface area is 130 Å². The Morgan fingerprint density at radius 3 is 1.08 bits per heavy atom. The summed E-state index contributed by atoms with van der Waals surface area (Å²) in [6.07, 6.45) is -5.88. The van der Waals surface area contributed by atoms with Crippen molar-refractivity contribution in [3.63, 3.8) is 0 Å². The van der Waals surface area contributed by atoms with Gasteiger partial charge in [0.1, 0.15) is 0 Å². The minimum absolute atomic E-state index is 2.13. The number of rotatable bonds is 6. The lowest BCUT2D eigenvalue weighted by molar-refractivity contribution is -0.427. The van der Waals surface area contributed by atoms with Crippen molar-refractivity contribution < 1.29 is 70.6 Å². The summed E-state index contributed by atoms with van der Waals surface area (Å²) in [5.74, 6) is -45.8. The highest BCUT2D eigenvalue weighted by atomic mass is 35.5. The van der Waals surface area contributed by atoms with Crippen LogP contribution in [0.25, 0.3) is 0 Å². The lowest BCUT2D eigenvalue weighted by Gasteiger charge is -2.40. The fourth-order valence-corrected chi connectivity index (χ4v) is 1.49. The number of ether oxygens (including phenoxy) is 1. The average molecular weight is 433 g/mol. The molecule has 0 unspecified atom stereocenters. The normalized spacial score (nSPS) is 25.9. The van der Waals surface area contributed by atoms with E-state index >= 15 is 0 Å². The molecule has 0 aromatic heterocycles. The fraction of sp³-hybridized carbons (Fsp3) is 1.00. The molecule has 0 aromatic rings. The van der Waals surface area contributed by atoms with E-state index in [1.165, 1.54) is 0 Å². The molecular weight excluding hydrogens is 433 g/mol. The van der Waals surface area contributed by atoms with Crippen molar-refractivity contribution in [1.29, 1.82) is 0 Å². The summed E-state index contributed by atoms with van der Waals surface area (Å²) in [6.45, 7) is 0. The fourth-order valence-electron chi connectivity index (χ4n) is 1.37. The van der Waals surface area contributed by atoms with Crippen LogP contribution in [0.1, 0.15) is 0 Å². The van der Waals surface area contributed by atoms with Crippen LogP contribution >= 0.6 is 11.6 Å². The smallest absolute Gasteiger partial charge is 0.265 e. The van der Waals surface area contributed by atoms with Gasteiger partial charge in [-0.3, -0.25) is 4.74 Å². The van der Waals surface area contributed by atoms with E-state index in [0.717, 1.165) is 0 Å². The van der Waals surface area contributed by atoms with Crippen molar-refractivity contribution in [2.45, 2.75) is 47.0 Å². The third kappa shape index (κ3) is 2.38. The zero-order valence-electron chi connectivity index (χ0n) is 10.5. The molecule has 150 valence electrons. The second kappa shape index (κ2) is 4.92. The molecule has 1 rings (SSSR count). The molecule has 1 aliphatic rings. The summed E-state index contributed by atoms with van der Waals surface area (Å²) < 4.78 is 193. The Morgan fingerprint density at radius 2 is 0.840 bits per heavy atom. The zero-order chi connectivity index (χ0) is 20.7. The standard InChI is InChI=1S/C8ClF15O/c9-7(21,22)5(18,19)3(14,15)1(10,11)2(12,13)4(16,17)6(20)8(23,24)25-6/t6-/m0/s1. The second-order valence-corrected chi connectivity index (χ2v) is 5.06. The van der Waals surface area contributed by atoms with Gasteiger partial charge in [-0.15, -0.1) is 0 Å². The number of hydrogen-bond donors (Lipinski definition) is 0. The van der Waals surface area contributed by atoms with Gasteiger partial charge in [-0.25, -0.2) is 0 Å². The molecule has 1 saturated heterocycles. The molecule has 0 aromatic carbocycles. The minimum atomic E-state index is -8.20. The van der Waals surface area contributed by atoms with Crippen molar-refractivity contribution in [3.8, 4) is 0 Å². The van der Waals surface area contributed by atoms with Gasteiger partial charge in [0.25, 0.3) is 0 Å². The molecule has 0 radical (unpaired) electrons. The largest absolute Gasteiger partial charge is 0.424 e. The molecule has 0 saturated carbocycles. The van der Waals surface area contributed by atoms with Gasteiger partial charge >= 0.3 is 47.0 Å². The van der Waals surface area contributed by atoms with E-state index in [9.17, 15) is 65.9 Å². The van der Waals surface area contributed by atoms with Crippen LogP contribution in [0.5, 0.6) is 0 Å². The number of epoxide rings is 1. The van der Waals surface area contributed by atoms with Gasteiger partial charge in [-0.05, 0) is 11.6 Å². The van der Waals surface area contributed by atoms with E-state index in [1.54, 1.807) is 0 Å². The number of alkyl halides is 16. The number of halogens is 16. The second-order valence-electron chi connectivity index (χ2n) is 4.58. The van der Waals surface area contributed by atoms with E-state index in [4.69, 9.17) is 0 Å². The molecule has 1 atom stereocenters. The lowest BCUT2D eigenvalue weighted by Crippen LogP contribution is -2.72. The maximum Gasteiger partial charge on any atom is 0.424 e. The van der Waals surface area contributed by atoms with Crippen molar-refractivity contribution in [2.24, 2.45) is 0 Å². The topological polar surface area (TPSA) is 12.5 Å². The van der Waals surface area contributed by atoms with Crippen molar-refractivity contribution in [2.75, 3.05) is 0 Å². The Bertz CT molecular complexity index is 550. The summed E-state index contributed by atoms with van der Waals surface area (Å²) in [5.41, 5.74) is 0. The molecule has 0 amide bonds. The first-order valence-electron chi connectivity index (χ1n) is 5.18. The van der Waals surface area contributed by atoms with E-state index in [2.05, 4.69) is 16.3 Å². The number of hydrogen-bond acceptors (Lipinski definition) is 1. The molecule has 0 aliphatic carbocycles. The van der Waals surface area contributed by atoms with E-state index in [-0.39, 0.29) is 0 Å². The van der Waals surface area contributed by atoms with Gasteiger partial charge in [-0.2, -0.15) is 65.9 Å². The predicted molar refractivity (Wildman–Crippen MR) is 45.4 cm³/mol. The van der Waals surface area contributed by atoms with Crippen LogP contribution in [0.3, 0.4) is 0 Å². The van der Waals surface area contributed by atoms with Gasteiger partial charge in [0.05, 0.1) is 0 Å². The summed E-state index contributed by atoms with van der Waals surface area (Å²) >= 11 is 3.38. The van der Waals surface area contributed by atoms with Crippen LogP contribution in [0.2, 0.25) is 0 Å². The first-order valence-corrected chi connectivity index (χ1v) is 5.56. The first-order chi connectivity index (χ1) is 10.5. The maximum atomic E-state index is 13.0. The monoisotopic (exact) mass is 432 g/mol. The van der Waals surface area contributed by atoms with E-state index in [0.29, 0.717) is 0 Å². The molecular formula is C8ClF15O. The highest BCUT2D eigenvalue weighted by Gasteiger charge is 3.00. The summed E-state index contributed by atoms with van der Waals surface area (Å²) in [5, 5.41) is -6.68. The molecule has 0 bridgehead atoms. The molecule has 17 heteroatoms. The van der Waals surface area contributed by atoms with Gasteiger partial charge < -0.3 is 0 Å². The van der Waals surface area contributed by atoms with Gasteiger partial charge in [0.15, 0.2) is 0 Å². The molecule has 25 heavy (non-hydrogen) atoms. The summed E-state index contributed by atoms with van der Waals surface area (Å²) in [7, 11) is 0. The van der Waals surface area contributed by atoms with Gasteiger partial charge in [0, 0.05) is 0 Å². The lowest BCUT2D eigenvalue weighted by atomic mass is 9.92. The average Bonchev–Trinajstić information content (AvgIpc) is 2.87. The van der Waals surface area contributed by atoms with Gasteiger partial charge in [0.2, 0.25) is 0 Å². The minimum Gasteiger partial charge on any atom is -0.265 e. The highest BCUT2D eigenvalue weighted by Crippen LogP contribution is 2.68. The van der Waals surface area contributed by atoms with Crippen LogP contribution in [-0.2, 0) is 4.74 Å². The molecule has 1 heterocycles. The Kier molecular flexibility index (Phi) is 4.38. The Morgan fingerprint density at radius 1 is 0.560 bits per heavy atom. The maximum absolute atomic E-state index is 13.0. The predicted octanol–water partition coefficient (Wildman–Crippen LogP) is 5.28. The van der Waals surface area contributed by atoms with Crippen LogP contribution in [0.15, 0.2) is 0 Å². The Balaban J connectivity index is 3.50. The quantitative estimate of drug-likeness (QED) is 0.316. The van der Waals surface area contributed by atoms with Crippen molar-refractivity contribution >= 4 is 11.6 Å². The third-order valence-corrected chi connectivity index (χ3v) is 3.18. The van der Waals surface area contributed by atoms with Crippen LogP contribution < -0.4 is 0 Å². The van der Waals surface area contributed by atoms with E-state index < -0.39 is 47.0 Å². The third-order valence-electron chi connectivity index (χ3n) is 2.94. The van der Waals surface area contributed by atoms with E-state index in [1.807, 2.05) is 0 Å². The molecule has 0 N–H and O–H groups in total. The van der Waals surface area contributed by atoms with Crippen LogP contribution in [0.4, 0.5) is 65.9 Å². The molecule has 0 spiro atoms. The van der Waals surface area contributed by atoms with Gasteiger partial charge in [-0.1, -0.05) is 0 Å². The first kappa shape index (κ1) is 22.2. The summed E-state index contributed by atoms with van der Waals surface area (Å²) in [4.78, 5) is 0. The SMILES string of the molecule is FC(F)(Cl)C(F)(F)C(F)(F)C(F)(F)C(F)(F)C(F)(F)[C@]1(F)OC1(F)F. The van der Waals surface area contributed by atoms with Crippen molar-refractivity contribution in [1.82, 2.24) is 0 Å². The van der Waals surface area contributed by atoms with Crippen LogP contribution in [-0.4, -0.2) is 47.0 Å². The molecule has 1 fully saturated rings. The van der Waals surface area contributed by atoms with Crippen molar-refractivity contribution in [3.05, 3.63) is 0 Å². The molecule has 1 nitrogen and oxygen atoms in total. The zero-order valence-corrected chi connectivity index (χ0v) is 11.2.